The molecule has 2 N–H and O–H groups in total. The maximum absolute atomic E-state index is 5.61. The molecule has 0 spiro atoms. The minimum absolute atomic E-state index is 0.695. The van der Waals surface area contributed by atoms with Crippen molar-refractivity contribution >= 4 is 5.96 Å². The zero-order chi connectivity index (χ0) is 13.9. The summed E-state index contributed by atoms with van der Waals surface area (Å²) in [4.78, 5) is 4.54. The lowest BCUT2D eigenvalue weighted by molar-refractivity contribution is 0.336. The predicted molar refractivity (Wildman–Crippen MR) is 81.0 cm³/mol. The van der Waals surface area contributed by atoms with Crippen molar-refractivity contribution in [2.24, 2.45) is 4.99 Å². The van der Waals surface area contributed by atoms with Crippen molar-refractivity contribution in [3.8, 4) is 5.75 Å². The van der Waals surface area contributed by atoms with Gasteiger partial charge in [0.15, 0.2) is 5.96 Å². The maximum Gasteiger partial charge on any atom is 0.191 e. The highest BCUT2D eigenvalue weighted by atomic mass is 16.5. The quantitative estimate of drug-likeness (QED) is 0.585. The van der Waals surface area contributed by atoms with Crippen LogP contribution in [-0.2, 0) is 6.42 Å². The molecule has 0 aliphatic rings. The van der Waals surface area contributed by atoms with Crippen LogP contribution in [0.4, 0.5) is 0 Å². The summed E-state index contributed by atoms with van der Waals surface area (Å²) < 4.78 is 5.61. The fraction of sp³-hybridized carbons (Fsp3) is 0.533. The highest BCUT2D eigenvalue weighted by Crippen LogP contribution is 2.18. The van der Waals surface area contributed by atoms with E-state index in [1.54, 1.807) is 0 Å². The fourth-order valence-electron chi connectivity index (χ4n) is 1.80. The van der Waals surface area contributed by atoms with Crippen LogP contribution in [-0.4, -0.2) is 32.2 Å². The number of hydrogen-bond acceptors (Lipinski definition) is 2. The Bertz CT molecular complexity index is 383. The smallest absolute Gasteiger partial charge is 0.191 e. The lowest BCUT2D eigenvalue weighted by atomic mass is 10.1. The molecule has 1 aromatic rings. The lowest BCUT2D eigenvalue weighted by Crippen LogP contribution is -2.37. The monoisotopic (exact) mass is 263 g/mol. The summed E-state index contributed by atoms with van der Waals surface area (Å²) in [5.74, 6) is 1.84. The molecular weight excluding hydrogens is 238 g/mol. The number of rotatable bonds is 7. The summed E-state index contributed by atoms with van der Waals surface area (Å²) in [5.41, 5.74) is 1.21. The highest BCUT2D eigenvalue weighted by Gasteiger charge is 2.02. The number of para-hydroxylation sites is 1. The molecule has 4 heteroatoms. The summed E-state index contributed by atoms with van der Waals surface area (Å²) in [5, 5.41) is 6.43. The van der Waals surface area contributed by atoms with E-state index in [1.165, 1.54) is 5.56 Å². The molecule has 0 aromatic heterocycles. The van der Waals surface area contributed by atoms with Gasteiger partial charge in [0.2, 0.25) is 0 Å². The van der Waals surface area contributed by atoms with Gasteiger partial charge in [-0.1, -0.05) is 18.2 Å². The average molecular weight is 263 g/mol. The largest absolute Gasteiger partial charge is 0.494 e. The number of nitrogens with zero attached hydrogens (tertiary/aromatic N) is 1. The van der Waals surface area contributed by atoms with Gasteiger partial charge in [0.25, 0.3) is 0 Å². The Balaban J connectivity index is 2.57. The van der Waals surface area contributed by atoms with Gasteiger partial charge < -0.3 is 15.4 Å². The molecule has 106 valence electrons. The van der Waals surface area contributed by atoms with Gasteiger partial charge in [0.05, 0.1) is 6.61 Å². The van der Waals surface area contributed by atoms with E-state index >= 15 is 0 Å². The fourth-order valence-corrected chi connectivity index (χ4v) is 1.80. The number of hydrogen-bond donors (Lipinski definition) is 2. The summed E-state index contributed by atoms with van der Waals surface area (Å²) in [6.07, 6.45) is 0.885. The molecule has 0 fully saturated rings. The van der Waals surface area contributed by atoms with E-state index in [4.69, 9.17) is 4.74 Å². The summed E-state index contributed by atoms with van der Waals surface area (Å²) in [7, 11) is 0. The Morgan fingerprint density at radius 1 is 1.11 bits per heavy atom. The number of benzene rings is 1. The van der Waals surface area contributed by atoms with Gasteiger partial charge in [-0.2, -0.15) is 0 Å². The van der Waals surface area contributed by atoms with Crippen molar-refractivity contribution in [1.29, 1.82) is 0 Å². The summed E-state index contributed by atoms with van der Waals surface area (Å²) in [6, 6.07) is 8.15. The lowest BCUT2D eigenvalue weighted by Gasteiger charge is -2.11. The van der Waals surface area contributed by atoms with Crippen molar-refractivity contribution in [2.75, 3.05) is 26.2 Å². The zero-order valence-corrected chi connectivity index (χ0v) is 12.2. The first kappa shape index (κ1) is 15.3. The van der Waals surface area contributed by atoms with Crippen molar-refractivity contribution in [2.45, 2.75) is 27.2 Å². The van der Waals surface area contributed by atoms with Crippen LogP contribution in [0.15, 0.2) is 29.3 Å². The molecule has 0 saturated heterocycles. The predicted octanol–water partition coefficient (Wildman–Crippen LogP) is 2.20. The van der Waals surface area contributed by atoms with E-state index in [0.29, 0.717) is 6.61 Å². The molecule has 0 aliphatic carbocycles. The number of aliphatic imine (C=N–C) groups is 1. The summed E-state index contributed by atoms with van der Waals surface area (Å²) >= 11 is 0. The van der Waals surface area contributed by atoms with Crippen LogP contribution in [0.3, 0.4) is 0 Å². The number of nitrogens with one attached hydrogen (secondary N) is 2. The molecule has 0 bridgehead atoms. The van der Waals surface area contributed by atoms with Gasteiger partial charge in [-0.05, 0) is 38.8 Å². The van der Waals surface area contributed by atoms with Gasteiger partial charge >= 0.3 is 0 Å². The molecular formula is C15H25N3O. The molecule has 19 heavy (non-hydrogen) atoms. The maximum atomic E-state index is 5.61. The molecule has 0 aliphatic heterocycles. The van der Waals surface area contributed by atoms with Gasteiger partial charge in [-0.3, -0.25) is 4.99 Å². The SMILES string of the molecule is CCNC(=NCCc1ccccc1OCC)NCC. The van der Waals surface area contributed by atoms with Gasteiger partial charge in [0, 0.05) is 19.6 Å². The normalized spacial score (nSPS) is 9.84. The molecule has 0 radical (unpaired) electrons. The molecule has 1 rings (SSSR count). The first-order valence-corrected chi connectivity index (χ1v) is 7.04. The van der Waals surface area contributed by atoms with Crippen molar-refractivity contribution in [3.63, 3.8) is 0 Å². The Hall–Kier alpha value is -1.71. The van der Waals surface area contributed by atoms with Gasteiger partial charge in [-0.15, -0.1) is 0 Å². The van der Waals surface area contributed by atoms with Crippen molar-refractivity contribution < 1.29 is 4.74 Å². The molecule has 0 saturated carbocycles. The first-order valence-electron chi connectivity index (χ1n) is 7.04. The zero-order valence-electron chi connectivity index (χ0n) is 12.2. The van der Waals surface area contributed by atoms with E-state index < -0.39 is 0 Å². The molecule has 1 aromatic carbocycles. The van der Waals surface area contributed by atoms with Crippen LogP contribution >= 0.6 is 0 Å². The van der Waals surface area contributed by atoms with Crippen LogP contribution in [0.2, 0.25) is 0 Å². The average Bonchev–Trinajstić information content (AvgIpc) is 2.41. The molecule has 0 heterocycles. The van der Waals surface area contributed by atoms with Crippen LogP contribution < -0.4 is 15.4 Å². The second-order valence-electron chi connectivity index (χ2n) is 4.08. The van der Waals surface area contributed by atoms with Crippen LogP contribution in [0.5, 0.6) is 5.75 Å². The van der Waals surface area contributed by atoms with Crippen molar-refractivity contribution in [1.82, 2.24) is 10.6 Å². The van der Waals surface area contributed by atoms with Crippen molar-refractivity contribution in [3.05, 3.63) is 29.8 Å². The van der Waals surface area contributed by atoms with E-state index in [9.17, 15) is 0 Å². The van der Waals surface area contributed by atoms with Gasteiger partial charge in [-0.25, -0.2) is 0 Å². The molecule has 4 nitrogen and oxygen atoms in total. The Kier molecular flexibility index (Phi) is 7.47. The minimum atomic E-state index is 0.695. The summed E-state index contributed by atoms with van der Waals surface area (Å²) in [6.45, 7) is 9.33. The van der Waals surface area contributed by atoms with Crippen LogP contribution in [0.1, 0.15) is 26.3 Å². The molecule has 0 amide bonds. The van der Waals surface area contributed by atoms with Gasteiger partial charge in [0.1, 0.15) is 5.75 Å². The highest BCUT2D eigenvalue weighted by molar-refractivity contribution is 5.79. The third-order valence-electron chi connectivity index (χ3n) is 2.61. The Labute approximate surface area is 116 Å². The Morgan fingerprint density at radius 3 is 2.42 bits per heavy atom. The van der Waals surface area contributed by atoms with E-state index in [-0.39, 0.29) is 0 Å². The second kappa shape index (κ2) is 9.25. The first-order chi connectivity index (χ1) is 9.31. The minimum Gasteiger partial charge on any atom is -0.494 e. The third-order valence-corrected chi connectivity index (χ3v) is 2.61. The van der Waals surface area contributed by atoms with E-state index in [2.05, 4.69) is 35.5 Å². The number of ether oxygens (including phenoxy) is 1. The van der Waals surface area contributed by atoms with Crippen LogP contribution in [0.25, 0.3) is 0 Å². The molecule has 0 atom stereocenters. The third kappa shape index (κ3) is 5.64. The van der Waals surface area contributed by atoms with E-state index in [0.717, 1.165) is 37.8 Å². The van der Waals surface area contributed by atoms with Crippen LogP contribution in [0, 0.1) is 0 Å². The standard InChI is InChI=1S/C15H25N3O/c1-4-16-15(17-5-2)18-12-11-13-9-7-8-10-14(13)19-6-3/h7-10H,4-6,11-12H2,1-3H3,(H2,16,17,18). The number of guanidine groups is 1. The molecule has 0 unspecified atom stereocenters. The Morgan fingerprint density at radius 2 is 1.79 bits per heavy atom. The topological polar surface area (TPSA) is 45.7 Å². The second-order valence-corrected chi connectivity index (χ2v) is 4.08. The van der Waals surface area contributed by atoms with E-state index in [1.807, 2.05) is 25.1 Å².